The molecule has 0 bridgehead atoms. The molecular weight excluding hydrogens is 451 g/mol. The van der Waals surface area contributed by atoms with Crippen LogP contribution in [0.5, 0.6) is 0 Å². The van der Waals surface area contributed by atoms with Crippen LogP contribution in [0, 0.1) is 0 Å². The number of esters is 1. The molecule has 0 aromatic heterocycles. The van der Waals surface area contributed by atoms with Gasteiger partial charge in [-0.2, -0.15) is 10.2 Å². The number of ether oxygens (including phenoxy) is 1. The van der Waals surface area contributed by atoms with E-state index in [0.29, 0.717) is 11.1 Å². The molecule has 2 amide bonds. The number of hydroxylamine groups is 2. The van der Waals surface area contributed by atoms with Crippen LogP contribution in [0.4, 0.5) is 4.79 Å². The van der Waals surface area contributed by atoms with Gasteiger partial charge in [0.1, 0.15) is 12.2 Å². The third-order valence-corrected chi connectivity index (χ3v) is 4.12. The van der Waals surface area contributed by atoms with Gasteiger partial charge in [0.05, 0.1) is 19.1 Å². The van der Waals surface area contributed by atoms with Crippen molar-refractivity contribution in [2.45, 2.75) is 39.5 Å². The largest absolute Gasteiger partial charge is 1.00 e. The Morgan fingerprint density at radius 3 is 2.18 bits per heavy atom. The number of amides is 2. The zero-order valence-corrected chi connectivity index (χ0v) is 21.7. The van der Waals surface area contributed by atoms with Gasteiger partial charge in [-0.3, -0.25) is 4.84 Å². The summed E-state index contributed by atoms with van der Waals surface area (Å²) in [4.78, 5) is 41.0. The van der Waals surface area contributed by atoms with Crippen LogP contribution in [0.15, 0.2) is 59.7 Å². The van der Waals surface area contributed by atoms with E-state index in [0.717, 1.165) is 10.6 Å². The first-order valence-electron chi connectivity index (χ1n) is 10.1. The molecule has 2 aromatic carbocycles. The van der Waals surface area contributed by atoms with Gasteiger partial charge in [-0.15, -0.1) is 0 Å². The van der Waals surface area contributed by atoms with Crippen molar-refractivity contribution in [3.8, 4) is 0 Å². The molecule has 11 heteroatoms. The number of carbonyl (C=O) groups excluding carboxylic acids is 3. The van der Waals surface area contributed by atoms with Crippen LogP contribution in [0.25, 0.3) is 0 Å². The molecule has 0 radical (unpaired) electrons. The second kappa shape index (κ2) is 13.7. The van der Waals surface area contributed by atoms with Gasteiger partial charge in [0, 0.05) is 5.56 Å². The molecule has 10 nitrogen and oxygen atoms in total. The zero-order valence-electron chi connectivity index (χ0n) is 19.7. The Balaban J connectivity index is 0.00000578. The fourth-order valence-corrected chi connectivity index (χ4v) is 2.64. The average Bonchev–Trinajstić information content (AvgIpc) is 2.76. The molecule has 2 rings (SSSR count). The predicted molar refractivity (Wildman–Crippen MR) is 118 cm³/mol. The first-order valence-corrected chi connectivity index (χ1v) is 10.1. The molecule has 34 heavy (non-hydrogen) atoms. The number of nitrogens with one attached hydrogen (secondary N) is 1. The van der Waals surface area contributed by atoms with E-state index in [1.807, 2.05) is 30.3 Å². The maximum atomic E-state index is 12.4. The molecule has 2 aromatic rings. The summed E-state index contributed by atoms with van der Waals surface area (Å²) in [5, 5.41) is 17.5. The minimum absolute atomic E-state index is 0. The Labute approximate surface area is 220 Å². The van der Waals surface area contributed by atoms with Crippen LogP contribution in [0.1, 0.15) is 37.5 Å². The molecule has 3 N–H and O–H groups in total. The average molecular weight is 478 g/mol. The number of urea groups is 1. The van der Waals surface area contributed by atoms with Crippen LogP contribution in [0.2, 0.25) is 0 Å². The maximum Gasteiger partial charge on any atom is 1.00 e. The number of carboxylic acids is 1. The molecule has 0 aliphatic carbocycles. The van der Waals surface area contributed by atoms with E-state index in [1.54, 1.807) is 45.0 Å². The number of aliphatic carboxylic acids is 1. The molecule has 176 valence electrons. The molecular formula is C23H27N4NaO6. The van der Waals surface area contributed by atoms with Crippen molar-refractivity contribution < 1.29 is 58.6 Å². The van der Waals surface area contributed by atoms with Crippen molar-refractivity contribution in [1.82, 2.24) is 10.4 Å². The molecule has 0 fully saturated rings. The van der Waals surface area contributed by atoms with Gasteiger partial charge in [0.25, 0.3) is 0 Å². The summed E-state index contributed by atoms with van der Waals surface area (Å²) in [6.07, 6.45) is 0. The van der Waals surface area contributed by atoms with Crippen molar-refractivity contribution >= 4 is 23.7 Å². The number of carbonyl (C=O) groups is 3. The summed E-state index contributed by atoms with van der Waals surface area (Å²) >= 11 is 0. The smallest absolute Gasteiger partial charge is 0.548 e. The zero-order chi connectivity index (χ0) is 24.4. The summed E-state index contributed by atoms with van der Waals surface area (Å²) in [7, 11) is 0. The molecule has 0 unspecified atom stereocenters. The molecule has 0 aliphatic rings. The van der Waals surface area contributed by atoms with Crippen LogP contribution in [-0.2, 0) is 32.3 Å². The first-order chi connectivity index (χ1) is 15.6. The van der Waals surface area contributed by atoms with Crippen molar-refractivity contribution in [1.29, 1.82) is 0 Å². The Morgan fingerprint density at radius 1 is 1.03 bits per heavy atom. The van der Waals surface area contributed by atoms with E-state index < -0.39 is 30.1 Å². The molecule has 0 atom stereocenters. The van der Waals surface area contributed by atoms with Crippen molar-refractivity contribution in [3.05, 3.63) is 71.3 Å². The minimum atomic E-state index is -1.42. The number of hydrazone groups is 1. The van der Waals surface area contributed by atoms with Crippen molar-refractivity contribution in [2.24, 2.45) is 10.9 Å². The molecule has 0 aliphatic heterocycles. The van der Waals surface area contributed by atoms with E-state index in [-0.39, 0.29) is 48.4 Å². The standard InChI is InChI=1S/C23H28N4O6.Na/c1-23(2,3)33-21(30)20(26-24)18-11-9-16(10-12-18)14-27(22(31)25-13-19(28)29)32-15-17-7-5-4-6-8-17;/h4-12H,13-15,24H2,1-3H3,(H,25,31)(H,28,29);/q;+1/p-1. The van der Waals surface area contributed by atoms with Crippen LogP contribution in [-0.4, -0.2) is 40.9 Å². The molecule has 0 saturated carbocycles. The Morgan fingerprint density at radius 2 is 1.65 bits per heavy atom. The van der Waals surface area contributed by atoms with E-state index in [1.165, 1.54) is 0 Å². The normalized spacial score (nSPS) is 11.2. The monoisotopic (exact) mass is 478 g/mol. The number of benzene rings is 2. The number of rotatable bonds is 9. The van der Waals surface area contributed by atoms with Gasteiger partial charge in [-0.1, -0.05) is 54.6 Å². The quantitative estimate of drug-likeness (QED) is 0.141. The molecule has 0 spiro atoms. The topological polar surface area (TPSA) is 146 Å². The second-order valence-corrected chi connectivity index (χ2v) is 8.00. The summed E-state index contributed by atoms with van der Waals surface area (Å²) in [6.45, 7) is 4.65. The van der Waals surface area contributed by atoms with E-state index in [2.05, 4.69) is 10.4 Å². The van der Waals surface area contributed by atoms with Crippen LogP contribution < -0.4 is 45.8 Å². The summed E-state index contributed by atoms with van der Waals surface area (Å²) in [5.74, 6) is 3.30. The van der Waals surface area contributed by atoms with Crippen molar-refractivity contribution in [2.75, 3.05) is 6.54 Å². The van der Waals surface area contributed by atoms with Gasteiger partial charge in [0.15, 0.2) is 5.71 Å². The maximum absolute atomic E-state index is 12.4. The van der Waals surface area contributed by atoms with Crippen LogP contribution in [0.3, 0.4) is 0 Å². The third-order valence-electron chi connectivity index (χ3n) is 4.12. The number of hydrogen-bond acceptors (Lipinski definition) is 8. The van der Waals surface area contributed by atoms with Crippen LogP contribution >= 0.6 is 0 Å². The summed E-state index contributed by atoms with van der Waals surface area (Å²) in [5.41, 5.74) is 1.17. The fraction of sp³-hybridized carbons (Fsp3) is 0.304. The predicted octanol–water partition coefficient (Wildman–Crippen LogP) is -1.91. The van der Waals surface area contributed by atoms with Crippen molar-refractivity contribution in [3.63, 3.8) is 0 Å². The Hall–Kier alpha value is -2.92. The third kappa shape index (κ3) is 9.92. The van der Waals surface area contributed by atoms with Gasteiger partial charge >= 0.3 is 41.6 Å². The van der Waals surface area contributed by atoms with Gasteiger partial charge in [-0.25, -0.2) is 9.59 Å². The fourth-order valence-electron chi connectivity index (χ4n) is 2.64. The summed E-state index contributed by atoms with van der Waals surface area (Å²) < 4.78 is 5.31. The van der Waals surface area contributed by atoms with E-state index >= 15 is 0 Å². The Kier molecular flexibility index (Phi) is 11.7. The SMILES string of the molecule is CC(C)(C)OC(=O)C(=NN)c1ccc(CN(OCc2ccccc2)C(=O)NCC(=O)[O-])cc1.[Na+]. The number of nitrogens with zero attached hydrogens (tertiary/aromatic N) is 2. The minimum Gasteiger partial charge on any atom is -0.548 e. The molecule has 0 saturated heterocycles. The van der Waals surface area contributed by atoms with Gasteiger partial charge in [-0.05, 0) is 31.9 Å². The second-order valence-electron chi connectivity index (χ2n) is 8.00. The summed E-state index contributed by atoms with van der Waals surface area (Å²) in [6, 6.07) is 15.0. The number of hydrogen-bond donors (Lipinski definition) is 2. The van der Waals surface area contributed by atoms with Gasteiger partial charge in [0.2, 0.25) is 0 Å². The molecule has 0 heterocycles. The van der Waals surface area contributed by atoms with E-state index in [9.17, 15) is 19.5 Å². The number of nitrogens with two attached hydrogens (primary N) is 1. The van der Waals surface area contributed by atoms with Gasteiger partial charge < -0.3 is 25.8 Å². The van der Waals surface area contributed by atoms with E-state index in [4.69, 9.17) is 15.4 Å². The first kappa shape index (κ1) is 29.1. The Bertz CT molecular complexity index is 991. The number of carboxylic acid groups (broad SMARTS) is 1.